The van der Waals surface area contributed by atoms with Crippen LogP contribution in [-0.2, 0) is 26.0 Å². The van der Waals surface area contributed by atoms with Gasteiger partial charge in [0.1, 0.15) is 5.60 Å². The number of sulfonamides is 1. The third-order valence-electron chi connectivity index (χ3n) is 4.36. The fourth-order valence-electron chi connectivity index (χ4n) is 2.88. The number of aryl methyl sites for hydroxylation is 2. The molecule has 0 aliphatic heterocycles. The minimum atomic E-state index is -3.99. The van der Waals surface area contributed by atoms with E-state index >= 15 is 0 Å². The lowest BCUT2D eigenvalue weighted by Gasteiger charge is -2.23. The van der Waals surface area contributed by atoms with E-state index in [1.54, 1.807) is 32.9 Å². The molecule has 1 unspecified atom stereocenters. The summed E-state index contributed by atoms with van der Waals surface area (Å²) >= 11 is 0. The second-order valence-corrected chi connectivity index (χ2v) is 10.1. The second kappa shape index (κ2) is 10.4. The molecule has 31 heavy (non-hydrogen) atoms. The largest absolute Gasteiger partial charge is 0.444 e. The van der Waals surface area contributed by atoms with Gasteiger partial charge in [-0.05, 0) is 58.2 Å². The van der Waals surface area contributed by atoms with Crippen LogP contribution in [0.15, 0.2) is 59.5 Å². The fourth-order valence-corrected chi connectivity index (χ4v) is 3.87. The molecule has 0 saturated carbocycles. The first-order chi connectivity index (χ1) is 14.4. The van der Waals surface area contributed by atoms with Gasteiger partial charge in [0, 0.05) is 12.5 Å². The van der Waals surface area contributed by atoms with Crippen molar-refractivity contribution in [2.75, 3.05) is 0 Å². The summed E-state index contributed by atoms with van der Waals surface area (Å²) in [7, 11) is -3.99. The summed E-state index contributed by atoms with van der Waals surface area (Å²) in [5, 5.41) is 2.69. The van der Waals surface area contributed by atoms with Crippen LogP contribution in [-0.4, -0.2) is 32.1 Å². The summed E-state index contributed by atoms with van der Waals surface area (Å²) in [5.41, 5.74) is 1.27. The highest BCUT2D eigenvalue weighted by atomic mass is 32.2. The molecule has 0 bridgehead atoms. The van der Waals surface area contributed by atoms with Crippen molar-refractivity contribution in [3.05, 3.63) is 65.7 Å². The van der Waals surface area contributed by atoms with E-state index in [1.165, 1.54) is 12.1 Å². The van der Waals surface area contributed by atoms with E-state index < -0.39 is 33.7 Å². The first-order valence-electron chi connectivity index (χ1n) is 10.1. The van der Waals surface area contributed by atoms with Gasteiger partial charge in [0.2, 0.25) is 5.91 Å². The van der Waals surface area contributed by atoms with Crippen LogP contribution in [0.5, 0.6) is 0 Å². The molecule has 0 saturated heterocycles. The van der Waals surface area contributed by atoms with Gasteiger partial charge in [-0.25, -0.2) is 17.9 Å². The Hall–Kier alpha value is -2.87. The maximum absolute atomic E-state index is 12.5. The van der Waals surface area contributed by atoms with E-state index in [1.807, 2.05) is 37.3 Å². The highest BCUT2D eigenvalue weighted by molar-refractivity contribution is 7.90. The number of carbonyl (C=O) groups excluding carboxylic acids is 2. The van der Waals surface area contributed by atoms with Crippen LogP contribution < -0.4 is 10.0 Å². The molecule has 1 atom stereocenters. The summed E-state index contributed by atoms with van der Waals surface area (Å²) in [4.78, 5) is 24.7. The van der Waals surface area contributed by atoms with E-state index in [9.17, 15) is 18.0 Å². The van der Waals surface area contributed by atoms with Crippen molar-refractivity contribution >= 4 is 22.0 Å². The van der Waals surface area contributed by atoms with Crippen molar-refractivity contribution in [2.24, 2.45) is 0 Å². The van der Waals surface area contributed by atoms with Crippen LogP contribution in [0, 0.1) is 6.92 Å². The molecule has 2 aromatic carbocycles. The number of benzene rings is 2. The third kappa shape index (κ3) is 8.80. The quantitative estimate of drug-likeness (QED) is 0.644. The van der Waals surface area contributed by atoms with Gasteiger partial charge in [-0.15, -0.1) is 0 Å². The summed E-state index contributed by atoms with van der Waals surface area (Å²) in [5.74, 6) is -0.699. The second-order valence-electron chi connectivity index (χ2n) is 8.41. The van der Waals surface area contributed by atoms with E-state index in [2.05, 4.69) is 10.0 Å². The van der Waals surface area contributed by atoms with E-state index in [0.717, 1.165) is 11.1 Å². The first-order valence-corrected chi connectivity index (χ1v) is 11.6. The Morgan fingerprint density at radius 1 is 1.00 bits per heavy atom. The normalized spacial score (nSPS) is 12.6. The lowest BCUT2D eigenvalue weighted by atomic mass is 10.0. The van der Waals surface area contributed by atoms with Gasteiger partial charge in [-0.3, -0.25) is 4.79 Å². The molecule has 0 radical (unpaired) electrons. The minimum Gasteiger partial charge on any atom is -0.444 e. The molecular weight excluding hydrogens is 416 g/mol. The number of hydrogen-bond acceptors (Lipinski definition) is 5. The molecule has 168 valence electrons. The van der Waals surface area contributed by atoms with Crippen LogP contribution in [0.4, 0.5) is 4.79 Å². The predicted octanol–water partition coefficient (Wildman–Crippen LogP) is 3.72. The van der Waals surface area contributed by atoms with Crippen LogP contribution >= 0.6 is 0 Å². The van der Waals surface area contributed by atoms with E-state index in [0.29, 0.717) is 12.8 Å². The summed E-state index contributed by atoms with van der Waals surface area (Å²) in [6, 6.07) is 15.2. The maximum atomic E-state index is 12.5. The van der Waals surface area contributed by atoms with Crippen molar-refractivity contribution in [1.29, 1.82) is 0 Å². The third-order valence-corrected chi connectivity index (χ3v) is 5.75. The highest BCUT2D eigenvalue weighted by Crippen LogP contribution is 2.13. The molecule has 2 aromatic rings. The van der Waals surface area contributed by atoms with Crippen LogP contribution in [0.2, 0.25) is 0 Å². The van der Waals surface area contributed by atoms with Crippen LogP contribution in [0.1, 0.15) is 44.7 Å². The Labute approximate surface area is 184 Å². The molecule has 0 spiro atoms. The molecule has 8 heteroatoms. The smallest absolute Gasteiger partial charge is 0.407 e. The number of alkyl carbamates (subject to hydrolysis) is 1. The number of ether oxygens (including phenoxy) is 1. The van der Waals surface area contributed by atoms with E-state index in [-0.39, 0.29) is 11.3 Å². The van der Waals surface area contributed by atoms with Gasteiger partial charge in [-0.2, -0.15) is 0 Å². The molecule has 0 aliphatic carbocycles. The molecule has 0 heterocycles. The molecule has 0 fully saturated rings. The lowest BCUT2D eigenvalue weighted by molar-refractivity contribution is -0.119. The Bertz CT molecular complexity index is 981. The molecule has 7 nitrogen and oxygen atoms in total. The van der Waals surface area contributed by atoms with Crippen LogP contribution in [0.25, 0.3) is 0 Å². The SMILES string of the molecule is Cc1ccc(S(=O)(=O)NC(=O)CC(CCc2ccccc2)NC(=O)OC(C)(C)C)cc1. The van der Waals surface area contributed by atoms with Crippen molar-refractivity contribution in [3.8, 4) is 0 Å². The average molecular weight is 447 g/mol. The zero-order valence-corrected chi connectivity index (χ0v) is 19.2. The van der Waals surface area contributed by atoms with Crippen molar-refractivity contribution in [3.63, 3.8) is 0 Å². The van der Waals surface area contributed by atoms with Gasteiger partial charge < -0.3 is 10.1 Å². The molecule has 2 N–H and O–H groups in total. The van der Waals surface area contributed by atoms with Gasteiger partial charge in [0.15, 0.2) is 0 Å². The molecule has 2 amide bonds. The molecular formula is C23H30N2O5S. The monoisotopic (exact) mass is 446 g/mol. The number of rotatable bonds is 8. The van der Waals surface area contributed by atoms with Gasteiger partial charge >= 0.3 is 6.09 Å². The maximum Gasteiger partial charge on any atom is 0.407 e. The lowest BCUT2D eigenvalue weighted by Crippen LogP contribution is -2.43. The Balaban J connectivity index is 2.06. The zero-order chi connectivity index (χ0) is 23.1. The van der Waals surface area contributed by atoms with Crippen molar-refractivity contribution < 1.29 is 22.7 Å². The van der Waals surface area contributed by atoms with Gasteiger partial charge in [-0.1, -0.05) is 48.0 Å². The number of hydrogen-bond donors (Lipinski definition) is 2. The van der Waals surface area contributed by atoms with E-state index in [4.69, 9.17) is 4.74 Å². The molecule has 0 aliphatic rings. The Morgan fingerprint density at radius 2 is 1.61 bits per heavy atom. The molecule has 2 rings (SSSR count). The first kappa shape index (κ1) is 24.4. The molecule has 0 aromatic heterocycles. The standard InChI is InChI=1S/C23H30N2O5S/c1-17-10-14-20(15-11-17)31(28,29)25-21(26)16-19(24-22(27)30-23(2,3)4)13-12-18-8-6-5-7-9-18/h5-11,14-15,19H,12-13,16H2,1-4H3,(H,24,27)(H,25,26). The number of nitrogens with one attached hydrogen (secondary N) is 2. The van der Waals surface area contributed by atoms with Gasteiger partial charge in [0.25, 0.3) is 10.0 Å². The summed E-state index contributed by atoms with van der Waals surface area (Å²) in [6.07, 6.45) is 0.206. The van der Waals surface area contributed by atoms with Gasteiger partial charge in [0.05, 0.1) is 4.90 Å². The summed E-state index contributed by atoms with van der Waals surface area (Å²) < 4.78 is 32.3. The van der Waals surface area contributed by atoms with Crippen molar-refractivity contribution in [1.82, 2.24) is 10.0 Å². The zero-order valence-electron chi connectivity index (χ0n) is 18.3. The topological polar surface area (TPSA) is 102 Å². The fraction of sp³-hybridized carbons (Fsp3) is 0.391. The average Bonchev–Trinajstić information content (AvgIpc) is 2.65. The predicted molar refractivity (Wildman–Crippen MR) is 119 cm³/mol. The Kier molecular flexibility index (Phi) is 8.21. The number of carbonyl (C=O) groups is 2. The summed E-state index contributed by atoms with van der Waals surface area (Å²) in [6.45, 7) is 7.07. The highest BCUT2D eigenvalue weighted by Gasteiger charge is 2.24. The van der Waals surface area contributed by atoms with Crippen LogP contribution in [0.3, 0.4) is 0 Å². The Morgan fingerprint density at radius 3 is 2.19 bits per heavy atom. The van der Waals surface area contributed by atoms with Crippen molar-refractivity contribution in [2.45, 2.75) is 63.5 Å². The minimum absolute atomic E-state index is 0.00684. The number of amides is 2.